The highest BCUT2D eigenvalue weighted by molar-refractivity contribution is 7.99. The van der Waals surface area contributed by atoms with Crippen LogP contribution in [0.5, 0.6) is 0 Å². The summed E-state index contributed by atoms with van der Waals surface area (Å²) in [4.78, 5) is 0. The molecule has 102 valence electrons. The first-order valence-corrected chi connectivity index (χ1v) is 9.54. The highest BCUT2D eigenvalue weighted by atomic mass is 32.2. The second-order valence-electron chi connectivity index (χ2n) is 4.20. The molecule has 4 nitrogen and oxygen atoms in total. The van der Waals surface area contributed by atoms with Crippen LogP contribution in [0.3, 0.4) is 0 Å². The molecule has 0 spiro atoms. The molecule has 0 saturated carbocycles. The molecule has 7 heteroatoms. The predicted molar refractivity (Wildman–Crippen MR) is 77.9 cm³/mol. The molecule has 2 rings (SSSR count). The summed E-state index contributed by atoms with van der Waals surface area (Å²) in [6.45, 7) is 1.14. The van der Waals surface area contributed by atoms with Crippen LogP contribution in [-0.2, 0) is 10.0 Å². The quantitative estimate of drug-likeness (QED) is 0.782. The van der Waals surface area contributed by atoms with Crippen LogP contribution >= 0.6 is 23.1 Å². The summed E-state index contributed by atoms with van der Waals surface area (Å²) in [6.07, 6.45) is 2.45. The Hall–Kier alpha value is -0.0800. The van der Waals surface area contributed by atoms with E-state index in [9.17, 15) is 8.42 Å². The van der Waals surface area contributed by atoms with Crippen LogP contribution in [0.2, 0.25) is 0 Å². The zero-order chi connectivity index (χ0) is 12.8. The van der Waals surface area contributed by atoms with Gasteiger partial charge in [-0.3, -0.25) is 0 Å². The van der Waals surface area contributed by atoms with Crippen molar-refractivity contribution in [3.8, 4) is 0 Å². The van der Waals surface area contributed by atoms with E-state index < -0.39 is 10.0 Å². The van der Waals surface area contributed by atoms with E-state index in [2.05, 4.69) is 10.0 Å². The standard InChI is InChI=1S/C11H18N2O2S3/c14-18(15,11-4-2-8-17-11)13-6-5-12-10-3-1-7-16-9-10/h2,4,8,10,12-13H,1,3,5-7,9H2. The smallest absolute Gasteiger partial charge is 0.250 e. The van der Waals surface area contributed by atoms with Gasteiger partial charge in [0.15, 0.2) is 0 Å². The van der Waals surface area contributed by atoms with Gasteiger partial charge >= 0.3 is 0 Å². The number of hydrogen-bond acceptors (Lipinski definition) is 5. The number of nitrogens with one attached hydrogen (secondary N) is 2. The summed E-state index contributed by atoms with van der Waals surface area (Å²) in [5.74, 6) is 2.39. The van der Waals surface area contributed by atoms with E-state index in [1.165, 1.54) is 29.9 Å². The number of hydrogen-bond donors (Lipinski definition) is 2. The molecule has 1 saturated heterocycles. The van der Waals surface area contributed by atoms with Crippen molar-refractivity contribution < 1.29 is 8.42 Å². The molecule has 2 heterocycles. The molecule has 0 bridgehead atoms. The van der Waals surface area contributed by atoms with Gasteiger partial charge in [-0.1, -0.05) is 6.07 Å². The van der Waals surface area contributed by atoms with Gasteiger partial charge < -0.3 is 5.32 Å². The highest BCUT2D eigenvalue weighted by Gasteiger charge is 2.15. The molecule has 1 aromatic heterocycles. The van der Waals surface area contributed by atoms with Crippen LogP contribution in [0.1, 0.15) is 12.8 Å². The Balaban J connectivity index is 1.69. The van der Waals surface area contributed by atoms with Crippen LogP contribution in [0.4, 0.5) is 0 Å². The van der Waals surface area contributed by atoms with E-state index in [-0.39, 0.29) is 0 Å². The van der Waals surface area contributed by atoms with Gasteiger partial charge in [-0.05, 0) is 30.0 Å². The third-order valence-electron chi connectivity index (χ3n) is 2.77. The van der Waals surface area contributed by atoms with Gasteiger partial charge in [-0.15, -0.1) is 11.3 Å². The molecule has 0 aliphatic carbocycles. The molecule has 1 aromatic rings. The van der Waals surface area contributed by atoms with E-state index in [1.807, 2.05) is 11.8 Å². The van der Waals surface area contributed by atoms with Gasteiger partial charge in [-0.25, -0.2) is 13.1 Å². The average Bonchev–Trinajstić information content (AvgIpc) is 2.91. The van der Waals surface area contributed by atoms with E-state index in [0.717, 1.165) is 5.75 Å². The predicted octanol–water partition coefficient (Wildman–Crippen LogP) is 1.51. The van der Waals surface area contributed by atoms with Gasteiger partial charge in [-0.2, -0.15) is 11.8 Å². The first-order valence-electron chi connectivity index (χ1n) is 6.03. The maximum atomic E-state index is 11.8. The average molecular weight is 306 g/mol. The second kappa shape index (κ2) is 6.91. The maximum Gasteiger partial charge on any atom is 0.250 e. The first kappa shape index (κ1) is 14.3. The Labute approximate surface area is 117 Å². The Morgan fingerprint density at radius 3 is 2.94 bits per heavy atom. The first-order chi connectivity index (χ1) is 8.68. The number of rotatable bonds is 6. The molecule has 0 aromatic carbocycles. The van der Waals surface area contributed by atoms with Crippen LogP contribution in [0, 0.1) is 0 Å². The minimum Gasteiger partial charge on any atom is -0.312 e. The minimum atomic E-state index is -3.30. The van der Waals surface area contributed by atoms with Crippen molar-refractivity contribution in [2.75, 3.05) is 24.6 Å². The van der Waals surface area contributed by atoms with Crippen LogP contribution in [0.15, 0.2) is 21.7 Å². The van der Waals surface area contributed by atoms with Crippen molar-refractivity contribution in [2.24, 2.45) is 0 Å². The van der Waals surface area contributed by atoms with Gasteiger partial charge in [0.25, 0.3) is 0 Å². The second-order valence-corrected chi connectivity index (χ2v) is 8.29. The highest BCUT2D eigenvalue weighted by Crippen LogP contribution is 2.17. The van der Waals surface area contributed by atoms with E-state index in [1.54, 1.807) is 17.5 Å². The van der Waals surface area contributed by atoms with Crippen molar-refractivity contribution in [3.63, 3.8) is 0 Å². The Morgan fingerprint density at radius 1 is 1.39 bits per heavy atom. The molecule has 1 atom stereocenters. The summed E-state index contributed by atoms with van der Waals surface area (Å²) >= 11 is 3.21. The Morgan fingerprint density at radius 2 is 2.28 bits per heavy atom. The van der Waals surface area contributed by atoms with Gasteiger partial charge in [0.05, 0.1) is 0 Å². The summed E-state index contributed by atoms with van der Waals surface area (Å²) in [5.41, 5.74) is 0. The molecule has 0 amide bonds. The molecule has 0 radical (unpaired) electrons. The molecule has 1 fully saturated rings. The Bertz CT molecular complexity index is 439. The summed E-state index contributed by atoms with van der Waals surface area (Å²) < 4.78 is 26.6. The van der Waals surface area contributed by atoms with E-state index >= 15 is 0 Å². The number of thioether (sulfide) groups is 1. The molecule has 18 heavy (non-hydrogen) atoms. The number of sulfonamides is 1. The van der Waals surface area contributed by atoms with E-state index in [0.29, 0.717) is 23.3 Å². The van der Waals surface area contributed by atoms with Crippen LogP contribution in [-0.4, -0.2) is 39.1 Å². The molecule has 1 unspecified atom stereocenters. The molecular weight excluding hydrogens is 288 g/mol. The van der Waals surface area contributed by atoms with Crippen LogP contribution in [0.25, 0.3) is 0 Å². The lowest BCUT2D eigenvalue weighted by molar-refractivity contribution is 0.506. The monoisotopic (exact) mass is 306 g/mol. The topological polar surface area (TPSA) is 58.2 Å². The zero-order valence-electron chi connectivity index (χ0n) is 10.1. The fourth-order valence-electron chi connectivity index (χ4n) is 1.85. The van der Waals surface area contributed by atoms with Crippen molar-refractivity contribution in [2.45, 2.75) is 23.1 Å². The van der Waals surface area contributed by atoms with Crippen molar-refractivity contribution in [3.05, 3.63) is 17.5 Å². The van der Waals surface area contributed by atoms with Crippen molar-refractivity contribution in [1.82, 2.24) is 10.0 Å². The lowest BCUT2D eigenvalue weighted by Crippen LogP contribution is -2.39. The molecule has 1 aliphatic heterocycles. The fourth-order valence-corrected chi connectivity index (χ4v) is 5.03. The van der Waals surface area contributed by atoms with Gasteiger partial charge in [0.1, 0.15) is 4.21 Å². The summed E-state index contributed by atoms with van der Waals surface area (Å²) in [7, 11) is -3.30. The zero-order valence-corrected chi connectivity index (χ0v) is 12.5. The maximum absolute atomic E-state index is 11.8. The fraction of sp³-hybridized carbons (Fsp3) is 0.636. The third kappa shape index (κ3) is 4.24. The molecule has 2 N–H and O–H groups in total. The Kier molecular flexibility index (Phi) is 5.50. The van der Waals surface area contributed by atoms with Crippen molar-refractivity contribution in [1.29, 1.82) is 0 Å². The molecular formula is C11H18N2O2S3. The lowest BCUT2D eigenvalue weighted by Gasteiger charge is -2.22. The minimum absolute atomic E-state index is 0.385. The normalized spacial score (nSPS) is 21.0. The SMILES string of the molecule is O=S(=O)(NCCNC1CCCSC1)c1cccs1. The largest absolute Gasteiger partial charge is 0.312 e. The third-order valence-corrected chi connectivity index (χ3v) is 6.84. The van der Waals surface area contributed by atoms with Gasteiger partial charge in [0.2, 0.25) is 10.0 Å². The van der Waals surface area contributed by atoms with Gasteiger partial charge in [0, 0.05) is 24.9 Å². The number of thiophene rings is 1. The molecule has 1 aliphatic rings. The summed E-state index contributed by atoms with van der Waals surface area (Å²) in [6, 6.07) is 3.91. The van der Waals surface area contributed by atoms with Crippen molar-refractivity contribution >= 4 is 33.1 Å². The lowest BCUT2D eigenvalue weighted by atomic mass is 10.2. The summed E-state index contributed by atoms with van der Waals surface area (Å²) in [5, 5.41) is 5.16. The van der Waals surface area contributed by atoms with Crippen LogP contribution < -0.4 is 10.0 Å². The van der Waals surface area contributed by atoms with E-state index in [4.69, 9.17) is 0 Å².